The van der Waals surface area contributed by atoms with Gasteiger partial charge in [0, 0.05) is 6.21 Å². The molecule has 0 aromatic heterocycles. The standard InChI is InChI=1S/C14H12N2O4S/c17-13-7-6-12-11(14(13)18)8-15-16(12)21(19)20-9-10-4-2-1-3-5-10/h1-8,11-12H,9H2. The van der Waals surface area contributed by atoms with Gasteiger partial charge in [0.05, 0.1) is 18.6 Å². The van der Waals surface area contributed by atoms with Gasteiger partial charge in [-0.05, 0) is 11.6 Å². The first-order valence-electron chi connectivity index (χ1n) is 6.35. The van der Waals surface area contributed by atoms with Gasteiger partial charge in [-0.3, -0.25) is 13.8 Å². The minimum Gasteiger partial charge on any atom is -0.290 e. The molecule has 0 saturated carbocycles. The van der Waals surface area contributed by atoms with Crippen LogP contribution < -0.4 is 0 Å². The zero-order valence-corrected chi connectivity index (χ0v) is 11.7. The second-order valence-corrected chi connectivity index (χ2v) is 5.68. The van der Waals surface area contributed by atoms with E-state index in [0.29, 0.717) is 0 Å². The number of ketones is 2. The highest BCUT2D eigenvalue weighted by Crippen LogP contribution is 2.25. The van der Waals surface area contributed by atoms with Crippen LogP contribution >= 0.6 is 0 Å². The summed E-state index contributed by atoms with van der Waals surface area (Å²) in [6.07, 6.45) is 4.07. The van der Waals surface area contributed by atoms with Gasteiger partial charge >= 0.3 is 0 Å². The molecule has 1 aromatic rings. The number of carbonyl (C=O) groups excluding carboxylic acids is 2. The summed E-state index contributed by atoms with van der Waals surface area (Å²) in [4.78, 5) is 23.0. The number of hydrogen-bond donors (Lipinski definition) is 0. The van der Waals surface area contributed by atoms with Crippen LogP contribution in [0.1, 0.15) is 5.56 Å². The SMILES string of the molecule is O=C1C=CC2C(C=NN2S(=O)OCc2ccccc2)C1=O. The quantitative estimate of drug-likeness (QED) is 0.770. The minimum atomic E-state index is -1.82. The number of nitrogens with zero attached hydrogens (tertiary/aromatic N) is 2. The highest BCUT2D eigenvalue weighted by molar-refractivity contribution is 7.77. The van der Waals surface area contributed by atoms with E-state index in [-0.39, 0.29) is 6.61 Å². The van der Waals surface area contributed by atoms with Crippen molar-refractivity contribution in [3.05, 3.63) is 48.0 Å². The van der Waals surface area contributed by atoms with Crippen molar-refractivity contribution >= 4 is 29.0 Å². The predicted molar refractivity (Wildman–Crippen MR) is 76.1 cm³/mol. The second kappa shape index (κ2) is 5.71. The molecule has 2 aliphatic rings. The number of fused-ring (bicyclic) bond motifs is 1. The molecule has 3 unspecified atom stereocenters. The Morgan fingerprint density at radius 1 is 1.24 bits per heavy atom. The average Bonchev–Trinajstić information content (AvgIpc) is 2.94. The summed E-state index contributed by atoms with van der Waals surface area (Å²) in [5.41, 5.74) is 0.885. The largest absolute Gasteiger partial charge is 0.290 e. The molecule has 3 atom stereocenters. The van der Waals surface area contributed by atoms with Crippen LogP contribution in [0.5, 0.6) is 0 Å². The molecule has 0 amide bonds. The molecule has 0 fully saturated rings. The van der Waals surface area contributed by atoms with Crippen molar-refractivity contribution in [2.45, 2.75) is 12.6 Å². The Balaban J connectivity index is 1.66. The van der Waals surface area contributed by atoms with Crippen LogP contribution in [0.4, 0.5) is 0 Å². The molecule has 1 heterocycles. The van der Waals surface area contributed by atoms with Crippen molar-refractivity contribution in [2.75, 3.05) is 0 Å². The third kappa shape index (κ3) is 2.70. The number of hydrazone groups is 1. The fourth-order valence-electron chi connectivity index (χ4n) is 2.17. The zero-order chi connectivity index (χ0) is 14.8. The molecule has 7 heteroatoms. The van der Waals surface area contributed by atoms with Gasteiger partial charge in [-0.1, -0.05) is 36.4 Å². The van der Waals surface area contributed by atoms with E-state index in [0.717, 1.165) is 5.56 Å². The van der Waals surface area contributed by atoms with E-state index < -0.39 is 34.8 Å². The molecule has 0 radical (unpaired) electrons. The number of benzene rings is 1. The summed E-state index contributed by atoms with van der Waals surface area (Å²) in [7, 11) is 0. The molecule has 0 N–H and O–H groups in total. The van der Waals surface area contributed by atoms with Crippen molar-refractivity contribution in [3.8, 4) is 0 Å². The normalized spacial score (nSPS) is 25.2. The van der Waals surface area contributed by atoms with Gasteiger partial charge in [-0.25, -0.2) is 4.21 Å². The molecule has 108 valence electrons. The van der Waals surface area contributed by atoms with Crippen LogP contribution in [0.25, 0.3) is 0 Å². The molecule has 1 aromatic carbocycles. The summed E-state index contributed by atoms with van der Waals surface area (Å²) < 4.78 is 18.6. The third-order valence-corrected chi connectivity index (χ3v) is 4.24. The van der Waals surface area contributed by atoms with E-state index in [9.17, 15) is 13.8 Å². The first kappa shape index (κ1) is 13.8. The van der Waals surface area contributed by atoms with Gasteiger partial charge in [0.1, 0.15) is 0 Å². The molecule has 1 aliphatic heterocycles. The monoisotopic (exact) mass is 304 g/mol. The number of hydrogen-bond acceptors (Lipinski definition) is 5. The minimum absolute atomic E-state index is 0.174. The molecular formula is C14H12N2O4S. The van der Waals surface area contributed by atoms with E-state index in [2.05, 4.69) is 5.10 Å². The summed E-state index contributed by atoms with van der Waals surface area (Å²) in [5.74, 6) is -1.76. The summed E-state index contributed by atoms with van der Waals surface area (Å²) >= 11 is -1.82. The van der Waals surface area contributed by atoms with E-state index in [1.54, 1.807) is 0 Å². The van der Waals surface area contributed by atoms with Crippen LogP contribution in [-0.2, 0) is 31.6 Å². The van der Waals surface area contributed by atoms with Gasteiger partial charge in [0.15, 0.2) is 0 Å². The van der Waals surface area contributed by atoms with Crippen LogP contribution in [-0.4, -0.2) is 32.4 Å². The molecule has 21 heavy (non-hydrogen) atoms. The maximum absolute atomic E-state index is 12.1. The molecule has 0 saturated heterocycles. The Bertz CT molecular complexity index is 656. The highest BCUT2D eigenvalue weighted by atomic mass is 32.2. The lowest BCUT2D eigenvalue weighted by Gasteiger charge is -2.23. The first-order valence-corrected chi connectivity index (χ1v) is 7.39. The highest BCUT2D eigenvalue weighted by Gasteiger charge is 2.42. The summed E-state index contributed by atoms with van der Waals surface area (Å²) in [6, 6.07) is 8.79. The Labute approximate surface area is 123 Å². The summed E-state index contributed by atoms with van der Waals surface area (Å²) in [5, 5.41) is 3.94. The number of carbonyl (C=O) groups is 2. The van der Waals surface area contributed by atoms with Gasteiger partial charge in [0.2, 0.25) is 11.6 Å². The predicted octanol–water partition coefficient (Wildman–Crippen LogP) is 0.776. The van der Waals surface area contributed by atoms with Crippen LogP contribution in [0, 0.1) is 5.92 Å². The topological polar surface area (TPSA) is 76.0 Å². The van der Waals surface area contributed by atoms with E-state index in [1.165, 1.54) is 22.8 Å². The van der Waals surface area contributed by atoms with Crippen molar-refractivity contribution in [1.82, 2.24) is 4.41 Å². The number of allylic oxidation sites excluding steroid dienone is 1. The third-order valence-electron chi connectivity index (χ3n) is 3.28. The van der Waals surface area contributed by atoms with Crippen LogP contribution in [0.2, 0.25) is 0 Å². The first-order chi connectivity index (χ1) is 10.2. The fraction of sp³-hybridized carbons (Fsp3) is 0.214. The molecular weight excluding hydrogens is 292 g/mol. The Morgan fingerprint density at radius 3 is 2.76 bits per heavy atom. The zero-order valence-electron chi connectivity index (χ0n) is 10.9. The van der Waals surface area contributed by atoms with Crippen molar-refractivity contribution in [1.29, 1.82) is 0 Å². The molecule has 1 aliphatic carbocycles. The van der Waals surface area contributed by atoms with Gasteiger partial charge in [-0.2, -0.15) is 9.52 Å². The Kier molecular flexibility index (Phi) is 3.76. The molecule has 3 rings (SSSR count). The van der Waals surface area contributed by atoms with Gasteiger partial charge in [0.25, 0.3) is 11.3 Å². The average molecular weight is 304 g/mol. The van der Waals surface area contributed by atoms with Gasteiger partial charge in [-0.15, -0.1) is 0 Å². The van der Waals surface area contributed by atoms with Crippen LogP contribution in [0.15, 0.2) is 47.6 Å². The van der Waals surface area contributed by atoms with Crippen molar-refractivity contribution in [2.24, 2.45) is 11.0 Å². The molecule has 6 nitrogen and oxygen atoms in total. The van der Waals surface area contributed by atoms with Crippen molar-refractivity contribution < 1.29 is 18.0 Å². The van der Waals surface area contributed by atoms with Crippen molar-refractivity contribution in [3.63, 3.8) is 0 Å². The van der Waals surface area contributed by atoms with Crippen LogP contribution in [0.3, 0.4) is 0 Å². The smallest absolute Gasteiger partial charge is 0.281 e. The fourth-order valence-corrected chi connectivity index (χ4v) is 3.05. The number of rotatable bonds is 4. The molecule has 0 spiro atoms. The molecule has 0 bridgehead atoms. The summed E-state index contributed by atoms with van der Waals surface area (Å²) in [6.45, 7) is 0.174. The Morgan fingerprint density at radius 2 is 2.00 bits per heavy atom. The van der Waals surface area contributed by atoms with Gasteiger partial charge < -0.3 is 0 Å². The van der Waals surface area contributed by atoms with E-state index in [4.69, 9.17) is 4.18 Å². The van der Waals surface area contributed by atoms with E-state index >= 15 is 0 Å². The lowest BCUT2D eigenvalue weighted by Crippen LogP contribution is -2.41. The lowest BCUT2D eigenvalue weighted by atomic mass is 9.90. The maximum atomic E-state index is 12.1. The maximum Gasteiger partial charge on any atom is 0.281 e. The van der Waals surface area contributed by atoms with E-state index in [1.807, 2.05) is 30.3 Å². The lowest BCUT2D eigenvalue weighted by molar-refractivity contribution is -0.135. The second-order valence-electron chi connectivity index (χ2n) is 4.64. The number of Topliss-reactive ketones (excluding diaryl/α,β-unsaturated/α-hetero) is 1. The Hall–Kier alpha value is -2.12.